The molecule has 18 heavy (non-hydrogen) atoms. The van der Waals surface area contributed by atoms with E-state index >= 15 is 0 Å². The van der Waals surface area contributed by atoms with Gasteiger partial charge in [-0.15, -0.1) is 0 Å². The molecule has 0 aliphatic carbocycles. The maximum Gasteiger partial charge on any atom is 0.410 e. The van der Waals surface area contributed by atoms with Gasteiger partial charge >= 0.3 is 6.09 Å². The monoisotopic (exact) mass is 253 g/mol. The Morgan fingerprint density at radius 2 is 2.11 bits per heavy atom. The van der Waals surface area contributed by atoms with Crippen LogP contribution in [0, 0.1) is 6.92 Å². The van der Waals surface area contributed by atoms with Gasteiger partial charge in [-0.3, -0.25) is 4.39 Å². The lowest BCUT2D eigenvalue weighted by Crippen LogP contribution is -2.30. The summed E-state index contributed by atoms with van der Waals surface area (Å²) in [5.74, 6) is 0. The van der Waals surface area contributed by atoms with Gasteiger partial charge in [0.05, 0.1) is 19.3 Å². The first-order valence-corrected chi connectivity index (χ1v) is 6.09. The molecule has 3 nitrogen and oxygen atoms in total. The molecule has 1 aromatic carbocycles. The number of hydrogen-bond donors (Lipinski definition) is 0. The van der Waals surface area contributed by atoms with E-state index in [0.29, 0.717) is 0 Å². The summed E-state index contributed by atoms with van der Waals surface area (Å²) in [7, 11) is 1.69. The predicted molar refractivity (Wildman–Crippen MR) is 69.3 cm³/mol. The van der Waals surface area contributed by atoms with Crippen LogP contribution in [0.1, 0.15) is 30.5 Å². The number of ether oxygens (including phenoxy) is 1. The topological polar surface area (TPSA) is 29.5 Å². The third-order valence-electron chi connectivity index (χ3n) is 3.01. The smallest absolute Gasteiger partial charge is 0.410 e. The van der Waals surface area contributed by atoms with Crippen molar-refractivity contribution in [1.29, 1.82) is 0 Å². The highest BCUT2D eigenvalue weighted by Crippen LogP contribution is 2.22. The molecule has 0 saturated heterocycles. The van der Waals surface area contributed by atoms with Crippen LogP contribution in [0.3, 0.4) is 0 Å². The number of carbonyl (C=O) groups excluding carboxylic acids is 1. The van der Waals surface area contributed by atoms with Crippen molar-refractivity contribution in [2.75, 3.05) is 20.3 Å². The molecule has 0 aliphatic rings. The number of benzene rings is 1. The third-order valence-corrected chi connectivity index (χ3v) is 3.01. The van der Waals surface area contributed by atoms with Gasteiger partial charge in [-0.25, -0.2) is 4.79 Å². The fourth-order valence-corrected chi connectivity index (χ4v) is 1.74. The van der Waals surface area contributed by atoms with E-state index in [9.17, 15) is 9.18 Å². The number of carbonyl (C=O) groups is 1. The zero-order valence-corrected chi connectivity index (χ0v) is 11.1. The zero-order chi connectivity index (χ0) is 13.5. The SMILES string of the molecule is Cc1ccccc1C(C)N(C)C(=O)OCCCF. The van der Waals surface area contributed by atoms with Crippen LogP contribution in [0.15, 0.2) is 24.3 Å². The van der Waals surface area contributed by atoms with Crippen LogP contribution in [0.5, 0.6) is 0 Å². The van der Waals surface area contributed by atoms with E-state index in [-0.39, 0.29) is 19.1 Å². The van der Waals surface area contributed by atoms with Crippen molar-refractivity contribution in [2.24, 2.45) is 0 Å². The average molecular weight is 253 g/mol. The maximum absolute atomic E-state index is 11.9. The van der Waals surface area contributed by atoms with Crippen LogP contribution in [-0.2, 0) is 4.74 Å². The number of halogens is 1. The summed E-state index contributed by atoms with van der Waals surface area (Å²) in [4.78, 5) is 13.3. The van der Waals surface area contributed by atoms with E-state index in [1.165, 1.54) is 4.90 Å². The summed E-state index contributed by atoms with van der Waals surface area (Å²) in [5, 5.41) is 0. The molecule has 0 spiro atoms. The van der Waals surface area contributed by atoms with E-state index in [2.05, 4.69) is 0 Å². The van der Waals surface area contributed by atoms with E-state index < -0.39 is 12.8 Å². The summed E-state index contributed by atoms with van der Waals surface area (Å²) in [6.07, 6.45) is -0.169. The molecule has 1 rings (SSSR count). The summed E-state index contributed by atoms with van der Waals surface area (Å²) in [6, 6.07) is 7.84. The van der Waals surface area contributed by atoms with E-state index in [1.54, 1.807) is 7.05 Å². The van der Waals surface area contributed by atoms with Gasteiger partial charge in [0.25, 0.3) is 0 Å². The first-order valence-electron chi connectivity index (χ1n) is 6.09. The normalized spacial score (nSPS) is 12.0. The first kappa shape index (κ1) is 14.5. The molecule has 0 radical (unpaired) electrons. The van der Waals surface area contributed by atoms with Crippen molar-refractivity contribution < 1.29 is 13.9 Å². The molecule has 0 fully saturated rings. The van der Waals surface area contributed by atoms with Gasteiger partial charge in [-0.1, -0.05) is 24.3 Å². The molecule has 1 aromatic rings. The lowest BCUT2D eigenvalue weighted by Gasteiger charge is -2.25. The number of nitrogens with zero attached hydrogens (tertiary/aromatic N) is 1. The Hall–Kier alpha value is -1.58. The number of rotatable bonds is 5. The largest absolute Gasteiger partial charge is 0.449 e. The molecule has 4 heteroatoms. The summed E-state index contributed by atoms with van der Waals surface area (Å²) in [5.41, 5.74) is 2.22. The Morgan fingerprint density at radius 1 is 1.44 bits per heavy atom. The molecule has 0 heterocycles. The minimum absolute atomic E-state index is 0.0657. The van der Waals surface area contributed by atoms with Crippen molar-refractivity contribution in [2.45, 2.75) is 26.3 Å². The molecule has 1 unspecified atom stereocenters. The molecule has 1 amide bonds. The molecule has 0 N–H and O–H groups in total. The van der Waals surface area contributed by atoms with Gasteiger partial charge in [-0.05, 0) is 25.0 Å². The molecule has 1 atom stereocenters. The fraction of sp³-hybridized carbons (Fsp3) is 0.500. The lowest BCUT2D eigenvalue weighted by molar-refractivity contribution is 0.0966. The van der Waals surface area contributed by atoms with Crippen LogP contribution >= 0.6 is 0 Å². The molecule has 100 valence electrons. The molecule has 0 aliphatic heterocycles. The van der Waals surface area contributed by atoms with E-state index in [4.69, 9.17) is 4.74 Å². The van der Waals surface area contributed by atoms with Crippen molar-refractivity contribution >= 4 is 6.09 Å². The summed E-state index contributed by atoms with van der Waals surface area (Å²) >= 11 is 0. The van der Waals surface area contributed by atoms with Crippen LogP contribution in [0.2, 0.25) is 0 Å². The fourth-order valence-electron chi connectivity index (χ4n) is 1.74. The van der Waals surface area contributed by atoms with Crippen LogP contribution in [-0.4, -0.2) is 31.3 Å². The number of alkyl halides is 1. The molecule has 0 bridgehead atoms. The molecule has 0 aromatic heterocycles. The summed E-state index contributed by atoms with van der Waals surface area (Å²) < 4.78 is 16.9. The van der Waals surface area contributed by atoms with Crippen molar-refractivity contribution in [3.8, 4) is 0 Å². The van der Waals surface area contributed by atoms with Crippen molar-refractivity contribution in [1.82, 2.24) is 4.90 Å². The van der Waals surface area contributed by atoms with Crippen LogP contribution in [0.25, 0.3) is 0 Å². The van der Waals surface area contributed by atoms with Gasteiger partial charge in [-0.2, -0.15) is 0 Å². The summed E-state index contributed by atoms with van der Waals surface area (Å²) in [6.45, 7) is 3.61. The third kappa shape index (κ3) is 3.72. The zero-order valence-electron chi connectivity index (χ0n) is 11.1. The second kappa shape index (κ2) is 6.99. The van der Waals surface area contributed by atoms with E-state index in [0.717, 1.165) is 11.1 Å². The second-order valence-electron chi connectivity index (χ2n) is 4.30. The van der Waals surface area contributed by atoms with Gasteiger partial charge < -0.3 is 9.64 Å². The first-order chi connectivity index (χ1) is 8.57. The standard InChI is InChI=1S/C14H20FNO2/c1-11-7-4-5-8-13(11)12(2)16(3)14(17)18-10-6-9-15/h4-5,7-8,12H,6,9-10H2,1-3H3. The van der Waals surface area contributed by atoms with Crippen LogP contribution < -0.4 is 0 Å². The minimum atomic E-state index is -0.468. The Kier molecular flexibility index (Phi) is 5.62. The second-order valence-corrected chi connectivity index (χ2v) is 4.30. The minimum Gasteiger partial charge on any atom is -0.449 e. The average Bonchev–Trinajstić information content (AvgIpc) is 2.38. The Bertz CT molecular complexity index is 395. The van der Waals surface area contributed by atoms with Crippen molar-refractivity contribution in [3.05, 3.63) is 35.4 Å². The Labute approximate surface area is 108 Å². The van der Waals surface area contributed by atoms with E-state index in [1.807, 2.05) is 38.1 Å². The lowest BCUT2D eigenvalue weighted by atomic mass is 10.0. The van der Waals surface area contributed by atoms with Crippen LogP contribution in [0.4, 0.5) is 9.18 Å². The molecular weight excluding hydrogens is 233 g/mol. The number of aryl methyl sites for hydroxylation is 1. The number of hydrogen-bond acceptors (Lipinski definition) is 2. The highest BCUT2D eigenvalue weighted by atomic mass is 19.1. The maximum atomic E-state index is 11.9. The van der Waals surface area contributed by atoms with Gasteiger partial charge in [0.2, 0.25) is 0 Å². The molecule has 0 saturated carbocycles. The Morgan fingerprint density at radius 3 is 2.72 bits per heavy atom. The van der Waals surface area contributed by atoms with Gasteiger partial charge in [0.15, 0.2) is 0 Å². The highest BCUT2D eigenvalue weighted by Gasteiger charge is 2.19. The molecular formula is C14H20FNO2. The van der Waals surface area contributed by atoms with Gasteiger partial charge in [0.1, 0.15) is 0 Å². The van der Waals surface area contributed by atoms with Crippen molar-refractivity contribution in [3.63, 3.8) is 0 Å². The Balaban J connectivity index is 2.63. The predicted octanol–water partition coefficient (Wildman–Crippen LogP) is 3.48. The highest BCUT2D eigenvalue weighted by molar-refractivity contribution is 5.68. The quantitative estimate of drug-likeness (QED) is 0.752. The number of amides is 1. The van der Waals surface area contributed by atoms with Gasteiger partial charge in [0, 0.05) is 13.5 Å².